The van der Waals surface area contributed by atoms with E-state index < -0.39 is 0 Å². The average Bonchev–Trinajstić information content (AvgIpc) is 2.11. The van der Waals surface area contributed by atoms with Crippen LogP contribution in [0.1, 0.15) is 37.4 Å². The van der Waals surface area contributed by atoms with E-state index in [2.05, 4.69) is 0 Å². The normalized spacial score (nSPS) is 18.9. The zero-order valence-electron chi connectivity index (χ0n) is 8.32. The number of hydrogen-bond donors (Lipinski definition) is 2. The zero-order valence-corrected chi connectivity index (χ0v) is 8.32. The Morgan fingerprint density at radius 1 is 1.43 bits per heavy atom. The van der Waals surface area contributed by atoms with Crippen molar-refractivity contribution in [2.75, 3.05) is 5.73 Å². The van der Waals surface area contributed by atoms with Gasteiger partial charge in [-0.25, -0.2) is 0 Å². The topological polar surface area (TPSA) is 46.2 Å². The first-order valence-corrected chi connectivity index (χ1v) is 5.29. The van der Waals surface area contributed by atoms with E-state index in [1.807, 2.05) is 24.3 Å². The summed E-state index contributed by atoms with van der Waals surface area (Å²) < 4.78 is 0. The molecule has 1 atom stereocenters. The van der Waals surface area contributed by atoms with Crippen molar-refractivity contribution in [1.82, 2.24) is 0 Å². The van der Waals surface area contributed by atoms with Gasteiger partial charge in [0.05, 0.1) is 6.10 Å². The minimum atomic E-state index is -0.330. The molecule has 0 spiro atoms. The molecule has 0 saturated heterocycles. The van der Waals surface area contributed by atoms with E-state index in [-0.39, 0.29) is 6.10 Å². The molecule has 1 unspecified atom stereocenters. The first kappa shape index (κ1) is 9.53. The number of anilines is 1. The van der Waals surface area contributed by atoms with Gasteiger partial charge in [0.1, 0.15) is 0 Å². The Labute approximate surface area is 84.7 Å². The lowest BCUT2D eigenvalue weighted by molar-refractivity contribution is 0.118. The van der Waals surface area contributed by atoms with Crippen LogP contribution in [0, 0.1) is 5.92 Å². The van der Waals surface area contributed by atoms with Crippen molar-refractivity contribution < 1.29 is 5.11 Å². The van der Waals surface area contributed by atoms with Gasteiger partial charge < -0.3 is 10.8 Å². The van der Waals surface area contributed by atoms with E-state index in [1.54, 1.807) is 0 Å². The van der Waals surface area contributed by atoms with Crippen LogP contribution in [0.15, 0.2) is 24.3 Å². The number of aliphatic hydroxyl groups excluding tert-OH is 1. The van der Waals surface area contributed by atoms with Crippen LogP contribution in [0.5, 0.6) is 0 Å². The highest BCUT2D eigenvalue weighted by atomic mass is 16.3. The lowest BCUT2D eigenvalue weighted by Crippen LogP contribution is -2.14. The molecule has 0 aliphatic heterocycles. The Morgan fingerprint density at radius 3 is 2.79 bits per heavy atom. The third-order valence-electron chi connectivity index (χ3n) is 3.08. The maximum absolute atomic E-state index is 9.92. The fourth-order valence-electron chi connectivity index (χ4n) is 1.95. The van der Waals surface area contributed by atoms with Crippen LogP contribution in [-0.2, 0) is 0 Å². The van der Waals surface area contributed by atoms with Crippen LogP contribution >= 0.6 is 0 Å². The maximum atomic E-state index is 9.92. The molecule has 1 saturated carbocycles. The molecule has 2 heteroatoms. The lowest BCUT2D eigenvalue weighted by Gasteiger charge is -2.27. The van der Waals surface area contributed by atoms with Crippen LogP contribution in [0.4, 0.5) is 5.69 Å². The molecule has 1 aromatic carbocycles. The fraction of sp³-hybridized carbons (Fsp3) is 0.500. The second kappa shape index (κ2) is 4.01. The highest BCUT2D eigenvalue weighted by molar-refractivity contribution is 5.41. The summed E-state index contributed by atoms with van der Waals surface area (Å²) in [5.74, 6) is 0.728. The summed E-state index contributed by atoms with van der Waals surface area (Å²) in [5.41, 5.74) is 7.35. The molecule has 0 bridgehead atoms. The summed E-state index contributed by atoms with van der Waals surface area (Å²) in [5, 5.41) is 9.92. The molecule has 2 nitrogen and oxygen atoms in total. The van der Waals surface area contributed by atoms with E-state index in [9.17, 15) is 5.11 Å². The van der Waals surface area contributed by atoms with Crippen LogP contribution < -0.4 is 5.73 Å². The smallest absolute Gasteiger partial charge is 0.0793 e. The predicted octanol–water partition coefficient (Wildman–Crippen LogP) is 2.49. The number of rotatable bonds is 3. The van der Waals surface area contributed by atoms with Crippen molar-refractivity contribution in [2.24, 2.45) is 5.92 Å². The van der Waals surface area contributed by atoms with Crippen LogP contribution in [0.2, 0.25) is 0 Å². The zero-order chi connectivity index (χ0) is 9.97. The molecule has 1 aliphatic carbocycles. The molecule has 0 amide bonds. The van der Waals surface area contributed by atoms with E-state index in [4.69, 9.17) is 5.73 Å². The summed E-state index contributed by atoms with van der Waals surface area (Å²) in [6.45, 7) is 0. The SMILES string of the molecule is Nc1cccc(C(O)CC2CCC2)c1. The van der Waals surface area contributed by atoms with Crippen molar-refractivity contribution in [3.63, 3.8) is 0 Å². The van der Waals surface area contributed by atoms with Crippen LogP contribution in [-0.4, -0.2) is 5.11 Å². The summed E-state index contributed by atoms with van der Waals surface area (Å²) in [7, 11) is 0. The van der Waals surface area contributed by atoms with Gasteiger partial charge in [0.15, 0.2) is 0 Å². The minimum Gasteiger partial charge on any atom is -0.399 e. The molecule has 2 rings (SSSR count). The largest absolute Gasteiger partial charge is 0.399 e. The van der Waals surface area contributed by atoms with Crippen LogP contribution in [0.3, 0.4) is 0 Å². The fourth-order valence-corrected chi connectivity index (χ4v) is 1.95. The van der Waals surface area contributed by atoms with Gasteiger partial charge in [-0.3, -0.25) is 0 Å². The minimum absolute atomic E-state index is 0.330. The molecule has 1 aromatic rings. The Kier molecular flexibility index (Phi) is 2.73. The van der Waals surface area contributed by atoms with Gasteiger partial charge in [0.2, 0.25) is 0 Å². The lowest BCUT2D eigenvalue weighted by atomic mass is 9.80. The third-order valence-corrected chi connectivity index (χ3v) is 3.08. The highest BCUT2D eigenvalue weighted by Gasteiger charge is 2.21. The van der Waals surface area contributed by atoms with Gasteiger partial charge in [-0.1, -0.05) is 31.4 Å². The molecule has 3 N–H and O–H groups in total. The quantitative estimate of drug-likeness (QED) is 0.721. The molecule has 0 aromatic heterocycles. The summed E-state index contributed by atoms with van der Waals surface area (Å²) in [6.07, 6.45) is 4.44. The van der Waals surface area contributed by atoms with Gasteiger partial charge in [-0.2, -0.15) is 0 Å². The summed E-state index contributed by atoms with van der Waals surface area (Å²) in [4.78, 5) is 0. The molecule has 14 heavy (non-hydrogen) atoms. The number of nitrogen functional groups attached to an aromatic ring is 1. The standard InChI is InChI=1S/C12H17NO/c13-11-6-2-5-10(8-11)12(14)7-9-3-1-4-9/h2,5-6,8-9,12,14H,1,3-4,7,13H2. The number of hydrogen-bond acceptors (Lipinski definition) is 2. The summed E-state index contributed by atoms with van der Waals surface area (Å²) in [6, 6.07) is 7.55. The van der Waals surface area contributed by atoms with Crippen molar-refractivity contribution in [3.05, 3.63) is 29.8 Å². The van der Waals surface area contributed by atoms with Gasteiger partial charge in [-0.05, 0) is 30.0 Å². The van der Waals surface area contributed by atoms with Crippen molar-refractivity contribution in [2.45, 2.75) is 31.8 Å². The van der Waals surface area contributed by atoms with Crippen molar-refractivity contribution in [3.8, 4) is 0 Å². The Hall–Kier alpha value is -1.02. The van der Waals surface area contributed by atoms with E-state index in [0.29, 0.717) is 0 Å². The molecule has 0 radical (unpaired) electrons. The number of aliphatic hydroxyl groups is 1. The number of benzene rings is 1. The van der Waals surface area contributed by atoms with E-state index in [0.717, 1.165) is 23.6 Å². The Morgan fingerprint density at radius 2 is 2.21 bits per heavy atom. The molecule has 1 fully saturated rings. The van der Waals surface area contributed by atoms with Crippen molar-refractivity contribution >= 4 is 5.69 Å². The highest BCUT2D eigenvalue weighted by Crippen LogP contribution is 2.34. The average molecular weight is 191 g/mol. The third kappa shape index (κ3) is 2.07. The molecule has 1 aliphatic rings. The second-order valence-electron chi connectivity index (χ2n) is 4.22. The van der Waals surface area contributed by atoms with Gasteiger partial charge >= 0.3 is 0 Å². The van der Waals surface area contributed by atoms with Crippen LogP contribution in [0.25, 0.3) is 0 Å². The van der Waals surface area contributed by atoms with E-state index in [1.165, 1.54) is 19.3 Å². The number of nitrogens with two attached hydrogens (primary N) is 1. The molecular formula is C12H17NO. The van der Waals surface area contributed by atoms with Gasteiger partial charge in [0.25, 0.3) is 0 Å². The molecule has 76 valence electrons. The van der Waals surface area contributed by atoms with E-state index >= 15 is 0 Å². The first-order chi connectivity index (χ1) is 6.75. The monoisotopic (exact) mass is 191 g/mol. The first-order valence-electron chi connectivity index (χ1n) is 5.29. The summed E-state index contributed by atoms with van der Waals surface area (Å²) >= 11 is 0. The molecular weight excluding hydrogens is 174 g/mol. The Bertz CT molecular complexity index is 307. The van der Waals surface area contributed by atoms with Crippen molar-refractivity contribution in [1.29, 1.82) is 0 Å². The van der Waals surface area contributed by atoms with Gasteiger partial charge in [-0.15, -0.1) is 0 Å². The van der Waals surface area contributed by atoms with Gasteiger partial charge in [0, 0.05) is 5.69 Å². The predicted molar refractivity (Wildman–Crippen MR) is 57.8 cm³/mol. The molecule has 0 heterocycles. The maximum Gasteiger partial charge on any atom is 0.0793 e. The second-order valence-corrected chi connectivity index (χ2v) is 4.22. The Balaban J connectivity index is 1.98.